The summed E-state index contributed by atoms with van der Waals surface area (Å²) < 4.78 is 4.44. The summed E-state index contributed by atoms with van der Waals surface area (Å²) in [5, 5.41) is 13.5. The van der Waals surface area contributed by atoms with Crippen molar-refractivity contribution in [2.24, 2.45) is 4.99 Å². The molecule has 0 aliphatic carbocycles. The minimum atomic E-state index is 0.194. The summed E-state index contributed by atoms with van der Waals surface area (Å²) in [7, 11) is 0. The van der Waals surface area contributed by atoms with Crippen molar-refractivity contribution in [2.75, 3.05) is 5.43 Å². The Labute approximate surface area is 283 Å². The van der Waals surface area contributed by atoms with Gasteiger partial charge in [0, 0.05) is 38.4 Å². The molecule has 0 aliphatic heterocycles. The van der Waals surface area contributed by atoms with E-state index in [-0.39, 0.29) is 5.84 Å². The maximum atomic E-state index is 8.81. The van der Waals surface area contributed by atoms with E-state index in [9.17, 15) is 0 Å². The molecule has 0 fully saturated rings. The quantitative estimate of drug-likeness (QED) is 0.144. The Balaban J connectivity index is 1.18. The van der Waals surface area contributed by atoms with Gasteiger partial charge >= 0.3 is 0 Å². The summed E-state index contributed by atoms with van der Waals surface area (Å²) in [5.41, 5.74) is 13.2. The lowest BCUT2D eigenvalue weighted by Crippen LogP contribution is -2.25. The first-order valence-corrected chi connectivity index (χ1v) is 16.4. The molecular weight excluding hydrogens is 599 g/mol. The molecule has 232 valence electrons. The topological polar surface area (TPSA) is 58.1 Å². The van der Waals surface area contributed by atoms with Crippen molar-refractivity contribution >= 4 is 55.3 Å². The van der Waals surface area contributed by atoms with Crippen LogP contribution < -0.4 is 5.43 Å². The maximum absolute atomic E-state index is 8.81. The number of aromatic nitrogens is 2. The minimum absolute atomic E-state index is 0.194. The molecule has 0 bridgehead atoms. The number of amidine groups is 2. The van der Waals surface area contributed by atoms with Crippen LogP contribution in [-0.4, -0.2) is 20.9 Å². The lowest BCUT2D eigenvalue weighted by molar-refractivity contribution is 1.08. The van der Waals surface area contributed by atoms with Gasteiger partial charge in [-0.2, -0.15) is 0 Å². The number of nitrogens with one attached hydrogen (secondary N) is 2. The molecule has 2 aromatic heterocycles. The first kappa shape index (κ1) is 28.5. The van der Waals surface area contributed by atoms with E-state index in [2.05, 4.69) is 130 Å². The lowest BCUT2D eigenvalue weighted by atomic mass is 10.0. The van der Waals surface area contributed by atoms with Crippen LogP contribution >= 0.6 is 0 Å². The summed E-state index contributed by atoms with van der Waals surface area (Å²) in [6.45, 7) is 0. The molecular formula is C44H31N5. The van der Waals surface area contributed by atoms with E-state index in [0.29, 0.717) is 5.84 Å². The molecule has 0 radical (unpaired) electrons. The highest BCUT2D eigenvalue weighted by atomic mass is 15.4. The summed E-state index contributed by atoms with van der Waals surface area (Å²) >= 11 is 0. The van der Waals surface area contributed by atoms with Crippen LogP contribution in [0.2, 0.25) is 0 Å². The number of hydrogen-bond acceptors (Lipinski definition) is 1. The zero-order valence-corrected chi connectivity index (χ0v) is 26.6. The van der Waals surface area contributed by atoms with Crippen molar-refractivity contribution in [3.05, 3.63) is 187 Å². The van der Waals surface area contributed by atoms with E-state index in [1.165, 1.54) is 21.8 Å². The average Bonchev–Trinajstić information content (AvgIpc) is 3.67. The number of aliphatic imine (C=N–C) groups is 1. The molecule has 0 atom stereocenters. The van der Waals surface area contributed by atoms with Crippen LogP contribution in [0.4, 0.5) is 0 Å². The van der Waals surface area contributed by atoms with Crippen LogP contribution in [0.25, 0.3) is 60.4 Å². The Morgan fingerprint density at radius 2 is 0.918 bits per heavy atom. The van der Waals surface area contributed by atoms with Crippen molar-refractivity contribution in [1.82, 2.24) is 9.24 Å². The van der Waals surface area contributed by atoms with Gasteiger partial charge in [-0.3, -0.25) is 15.5 Å². The van der Waals surface area contributed by atoms with E-state index in [4.69, 9.17) is 10.4 Å². The molecule has 2 N–H and O–H groups in total. The third kappa shape index (κ3) is 4.96. The predicted octanol–water partition coefficient (Wildman–Crippen LogP) is 10.6. The first-order valence-electron chi connectivity index (χ1n) is 16.4. The van der Waals surface area contributed by atoms with Gasteiger partial charge in [-0.05, 0) is 59.7 Å². The summed E-state index contributed by atoms with van der Waals surface area (Å²) in [6, 6.07) is 60.7. The standard InChI is InChI=1S/C44H31N5/c45-43(30-14-4-1-5-15-30)46-44(31-16-6-2-7-17-31)47-49-41-23-13-11-21-36(41)38-29-33(25-27-42(38)49)32-24-26-40-37(28-32)35-20-10-12-22-39(35)48(40)34-18-8-3-9-19-34/h1-29H,(H2,45,46,47). The normalized spacial score (nSPS) is 11.9. The van der Waals surface area contributed by atoms with E-state index >= 15 is 0 Å². The predicted molar refractivity (Wildman–Crippen MR) is 205 cm³/mol. The second-order valence-corrected chi connectivity index (χ2v) is 12.2. The fourth-order valence-corrected chi connectivity index (χ4v) is 6.91. The van der Waals surface area contributed by atoms with Crippen molar-refractivity contribution in [3.63, 3.8) is 0 Å². The van der Waals surface area contributed by atoms with Gasteiger partial charge in [0.05, 0.1) is 22.1 Å². The van der Waals surface area contributed by atoms with Crippen LogP contribution in [-0.2, 0) is 0 Å². The van der Waals surface area contributed by atoms with E-state index in [0.717, 1.165) is 49.7 Å². The van der Waals surface area contributed by atoms with Gasteiger partial charge < -0.3 is 4.57 Å². The molecule has 0 unspecified atom stereocenters. The first-order chi connectivity index (χ1) is 24.2. The number of nitrogens with zero attached hydrogens (tertiary/aromatic N) is 3. The van der Waals surface area contributed by atoms with Gasteiger partial charge in [0.1, 0.15) is 0 Å². The van der Waals surface area contributed by atoms with Crippen LogP contribution in [0.1, 0.15) is 11.1 Å². The molecule has 5 heteroatoms. The highest BCUT2D eigenvalue weighted by molar-refractivity contribution is 6.16. The molecule has 9 aromatic rings. The maximum Gasteiger partial charge on any atom is 0.154 e. The number of hydrogen-bond donors (Lipinski definition) is 2. The Morgan fingerprint density at radius 3 is 1.59 bits per heavy atom. The molecule has 5 nitrogen and oxygen atoms in total. The molecule has 7 aromatic carbocycles. The third-order valence-corrected chi connectivity index (χ3v) is 9.23. The zero-order valence-electron chi connectivity index (χ0n) is 26.6. The van der Waals surface area contributed by atoms with E-state index in [1.54, 1.807) is 0 Å². The zero-order chi connectivity index (χ0) is 32.7. The van der Waals surface area contributed by atoms with Crippen molar-refractivity contribution in [2.45, 2.75) is 0 Å². The fraction of sp³-hybridized carbons (Fsp3) is 0. The monoisotopic (exact) mass is 629 g/mol. The minimum Gasteiger partial charge on any atom is -0.309 e. The molecule has 49 heavy (non-hydrogen) atoms. The fourth-order valence-electron chi connectivity index (χ4n) is 6.91. The van der Waals surface area contributed by atoms with E-state index in [1.807, 2.05) is 60.7 Å². The number of fused-ring (bicyclic) bond motifs is 6. The Morgan fingerprint density at radius 1 is 0.449 bits per heavy atom. The second kappa shape index (κ2) is 11.8. The number of para-hydroxylation sites is 3. The average molecular weight is 630 g/mol. The summed E-state index contributed by atoms with van der Waals surface area (Å²) in [5.74, 6) is 0.792. The van der Waals surface area contributed by atoms with E-state index < -0.39 is 0 Å². The van der Waals surface area contributed by atoms with Gasteiger partial charge in [-0.25, -0.2) is 4.99 Å². The van der Waals surface area contributed by atoms with Gasteiger partial charge in [-0.15, -0.1) is 0 Å². The molecule has 0 saturated heterocycles. The molecule has 0 saturated carbocycles. The highest BCUT2D eigenvalue weighted by Gasteiger charge is 2.17. The molecule has 0 spiro atoms. The van der Waals surface area contributed by atoms with Crippen LogP contribution in [0.15, 0.2) is 181 Å². The van der Waals surface area contributed by atoms with Gasteiger partial charge in [0.25, 0.3) is 0 Å². The van der Waals surface area contributed by atoms with Crippen LogP contribution in [0.3, 0.4) is 0 Å². The van der Waals surface area contributed by atoms with Crippen LogP contribution in [0.5, 0.6) is 0 Å². The Kier molecular flexibility index (Phi) is 6.87. The molecule has 0 amide bonds. The second-order valence-electron chi connectivity index (χ2n) is 12.2. The summed E-state index contributed by atoms with van der Waals surface area (Å²) in [4.78, 5) is 4.81. The Bertz CT molecular complexity index is 2680. The number of benzene rings is 7. The molecule has 2 heterocycles. The van der Waals surface area contributed by atoms with Crippen molar-refractivity contribution in [1.29, 1.82) is 5.41 Å². The summed E-state index contributed by atoms with van der Waals surface area (Å²) in [6.07, 6.45) is 0. The van der Waals surface area contributed by atoms with Gasteiger partial charge in [0.2, 0.25) is 0 Å². The lowest BCUT2D eigenvalue weighted by Gasteiger charge is -2.15. The van der Waals surface area contributed by atoms with Gasteiger partial charge in [-0.1, -0.05) is 127 Å². The van der Waals surface area contributed by atoms with Crippen molar-refractivity contribution in [3.8, 4) is 16.8 Å². The van der Waals surface area contributed by atoms with Crippen LogP contribution in [0, 0.1) is 5.41 Å². The smallest absolute Gasteiger partial charge is 0.154 e. The van der Waals surface area contributed by atoms with Crippen molar-refractivity contribution < 1.29 is 0 Å². The highest BCUT2D eigenvalue weighted by Crippen LogP contribution is 2.37. The third-order valence-electron chi connectivity index (χ3n) is 9.23. The molecule has 0 aliphatic rings. The Hall–Kier alpha value is -6.72. The van der Waals surface area contributed by atoms with Gasteiger partial charge in [0.15, 0.2) is 11.7 Å². The molecule has 9 rings (SSSR count). The largest absolute Gasteiger partial charge is 0.309 e. The SMILES string of the molecule is N=C(N=C(Nn1c2ccccc2c2cc(-c3ccc4c(c3)c3ccccc3n4-c3ccccc3)ccc21)c1ccccc1)c1ccccc1. The number of rotatable bonds is 5.